The lowest BCUT2D eigenvalue weighted by atomic mass is 10.1. The van der Waals surface area contributed by atoms with Gasteiger partial charge >= 0.3 is 0 Å². The molecule has 2 aromatic carbocycles. The number of carbonyl (C=O) groups is 2. The predicted molar refractivity (Wildman–Crippen MR) is 89.8 cm³/mol. The second-order valence-corrected chi connectivity index (χ2v) is 6.09. The Balaban J connectivity index is 1.56. The Morgan fingerprint density at radius 2 is 1.88 bits per heavy atom. The van der Waals surface area contributed by atoms with Crippen LogP contribution < -0.4 is 5.32 Å². The highest BCUT2D eigenvalue weighted by atomic mass is 19.2. The Kier molecular flexibility index (Phi) is 5.07. The number of likely N-dealkylation sites (tertiary alicyclic amines) is 1. The number of hydrogen-bond donors (Lipinski definition) is 1. The van der Waals surface area contributed by atoms with Crippen LogP contribution in [0.3, 0.4) is 0 Å². The molecule has 1 heterocycles. The number of rotatable bonds is 5. The highest BCUT2D eigenvalue weighted by molar-refractivity contribution is 5.97. The van der Waals surface area contributed by atoms with E-state index in [0.717, 1.165) is 24.1 Å². The average Bonchev–Trinajstić information content (AvgIpc) is 2.98. The van der Waals surface area contributed by atoms with Crippen LogP contribution in [0.5, 0.6) is 0 Å². The molecule has 1 aliphatic heterocycles. The van der Waals surface area contributed by atoms with Crippen molar-refractivity contribution in [2.45, 2.75) is 12.8 Å². The number of hydrogen-bond acceptors (Lipinski definition) is 2. The largest absolute Gasteiger partial charge is 0.342 e. The lowest BCUT2D eigenvalue weighted by Gasteiger charge is -2.16. The van der Waals surface area contributed by atoms with Crippen molar-refractivity contribution in [3.05, 3.63) is 65.7 Å². The van der Waals surface area contributed by atoms with Crippen molar-refractivity contribution in [3.8, 4) is 0 Å². The third kappa shape index (κ3) is 4.21. The standard InChI is InChI=1S/C19H18F2N2O2/c20-16-7-6-15(11-17(16)21)22-19(25)14-10-18(24)23(12-14)9-8-13-4-2-1-3-5-13/h1-7,11,14H,8-10,12H2,(H,22,25). The fourth-order valence-electron chi connectivity index (χ4n) is 2.89. The zero-order valence-corrected chi connectivity index (χ0v) is 13.5. The Bertz CT molecular complexity index is 780. The molecule has 0 aromatic heterocycles. The molecule has 2 aromatic rings. The predicted octanol–water partition coefficient (Wildman–Crippen LogP) is 2.99. The van der Waals surface area contributed by atoms with Crippen LogP contribution in [-0.4, -0.2) is 29.8 Å². The summed E-state index contributed by atoms with van der Waals surface area (Å²) in [6.07, 6.45) is 0.856. The maximum atomic E-state index is 13.2. The number of anilines is 1. The average molecular weight is 344 g/mol. The fraction of sp³-hybridized carbons (Fsp3) is 0.263. The van der Waals surface area contributed by atoms with E-state index in [1.165, 1.54) is 6.07 Å². The third-order valence-electron chi connectivity index (χ3n) is 4.29. The molecule has 1 N–H and O–H groups in total. The Labute approximate surface area is 144 Å². The highest BCUT2D eigenvalue weighted by Gasteiger charge is 2.34. The minimum absolute atomic E-state index is 0.0682. The SMILES string of the molecule is O=C(Nc1ccc(F)c(F)c1)C1CC(=O)N(CCc2ccccc2)C1. The molecular formula is C19H18F2N2O2. The smallest absolute Gasteiger partial charge is 0.229 e. The number of halogens is 2. The molecule has 2 amide bonds. The van der Waals surface area contributed by atoms with Gasteiger partial charge in [-0.05, 0) is 24.1 Å². The first kappa shape index (κ1) is 17.1. The summed E-state index contributed by atoms with van der Waals surface area (Å²) in [7, 11) is 0. The van der Waals surface area contributed by atoms with Crippen LogP contribution in [0.4, 0.5) is 14.5 Å². The molecule has 0 saturated carbocycles. The molecule has 3 rings (SSSR count). The zero-order chi connectivity index (χ0) is 17.8. The van der Waals surface area contributed by atoms with Crippen molar-refractivity contribution in [2.24, 2.45) is 5.92 Å². The summed E-state index contributed by atoms with van der Waals surface area (Å²) in [5, 5.41) is 2.54. The van der Waals surface area contributed by atoms with Crippen LogP contribution in [-0.2, 0) is 16.0 Å². The minimum atomic E-state index is -1.02. The fourth-order valence-corrected chi connectivity index (χ4v) is 2.89. The number of carbonyl (C=O) groups excluding carboxylic acids is 2. The Morgan fingerprint density at radius 3 is 2.60 bits per heavy atom. The molecule has 1 saturated heterocycles. The van der Waals surface area contributed by atoms with Gasteiger partial charge in [-0.25, -0.2) is 8.78 Å². The van der Waals surface area contributed by atoms with Crippen molar-refractivity contribution >= 4 is 17.5 Å². The van der Waals surface area contributed by atoms with Gasteiger partial charge in [0.15, 0.2) is 11.6 Å². The number of nitrogens with one attached hydrogen (secondary N) is 1. The topological polar surface area (TPSA) is 49.4 Å². The molecule has 0 aliphatic carbocycles. The molecule has 0 radical (unpaired) electrons. The molecule has 1 aliphatic rings. The normalized spacial score (nSPS) is 17.0. The maximum Gasteiger partial charge on any atom is 0.229 e. The van der Waals surface area contributed by atoms with Crippen LogP contribution in [0.25, 0.3) is 0 Å². The van der Waals surface area contributed by atoms with Gasteiger partial charge in [0.2, 0.25) is 11.8 Å². The lowest BCUT2D eigenvalue weighted by molar-refractivity contribution is -0.128. The second kappa shape index (κ2) is 7.42. The highest BCUT2D eigenvalue weighted by Crippen LogP contribution is 2.21. The van der Waals surface area contributed by atoms with Gasteiger partial charge in [-0.15, -0.1) is 0 Å². The summed E-state index contributed by atoms with van der Waals surface area (Å²) in [5.74, 6) is -2.91. The van der Waals surface area contributed by atoms with Crippen molar-refractivity contribution in [1.29, 1.82) is 0 Å². The van der Waals surface area contributed by atoms with Crippen molar-refractivity contribution in [2.75, 3.05) is 18.4 Å². The van der Waals surface area contributed by atoms with E-state index in [-0.39, 0.29) is 23.9 Å². The first-order chi connectivity index (χ1) is 12.0. The van der Waals surface area contributed by atoms with Gasteiger partial charge in [0.05, 0.1) is 5.92 Å². The summed E-state index contributed by atoms with van der Waals surface area (Å²) in [6.45, 7) is 0.888. The molecule has 1 unspecified atom stereocenters. The van der Waals surface area contributed by atoms with Crippen LogP contribution in [0, 0.1) is 17.6 Å². The summed E-state index contributed by atoms with van der Waals surface area (Å²) in [4.78, 5) is 26.0. The molecule has 25 heavy (non-hydrogen) atoms. The zero-order valence-electron chi connectivity index (χ0n) is 13.5. The number of benzene rings is 2. The molecule has 0 spiro atoms. The third-order valence-corrected chi connectivity index (χ3v) is 4.29. The van der Waals surface area contributed by atoms with Gasteiger partial charge in [-0.1, -0.05) is 30.3 Å². The molecule has 6 heteroatoms. The number of nitrogens with zero attached hydrogens (tertiary/aromatic N) is 1. The van der Waals surface area contributed by atoms with Crippen molar-refractivity contribution < 1.29 is 18.4 Å². The Morgan fingerprint density at radius 1 is 1.12 bits per heavy atom. The molecule has 130 valence electrons. The van der Waals surface area contributed by atoms with Crippen LogP contribution >= 0.6 is 0 Å². The van der Waals surface area contributed by atoms with E-state index >= 15 is 0 Å². The first-order valence-corrected chi connectivity index (χ1v) is 8.10. The van der Waals surface area contributed by atoms with E-state index in [1.54, 1.807) is 4.90 Å². The van der Waals surface area contributed by atoms with Gasteiger partial charge in [-0.2, -0.15) is 0 Å². The monoisotopic (exact) mass is 344 g/mol. The van der Waals surface area contributed by atoms with Gasteiger partial charge in [-0.3, -0.25) is 9.59 Å². The van der Waals surface area contributed by atoms with E-state index in [4.69, 9.17) is 0 Å². The van der Waals surface area contributed by atoms with Crippen LogP contribution in [0.1, 0.15) is 12.0 Å². The molecule has 1 fully saturated rings. The second-order valence-electron chi connectivity index (χ2n) is 6.09. The quantitative estimate of drug-likeness (QED) is 0.906. The summed E-state index contributed by atoms with van der Waals surface area (Å²) >= 11 is 0. The molecule has 0 bridgehead atoms. The van der Waals surface area contributed by atoms with Gasteiger partial charge in [0, 0.05) is 31.3 Å². The van der Waals surface area contributed by atoms with E-state index in [2.05, 4.69) is 5.32 Å². The molecular weight excluding hydrogens is 326 g/mol. The van der Waals surface area contributed by atoms with Gasteiger partial charge in [0.25, 0.3) is 0 Å². The van der Waals surface area contributed by atoms with Gasteiger partial charge < -0.3 is 10.2 Å². The lowest BCUT2D eigenvalue weighted by Crippen LogP contribution is -2.30. The van der Waals surface area contributed by atoms with Gasteiger partial charge in [0.1, 0.15) is 0 Å². The Hall–Kier alpha value is -2.76. The summed E-state index contributed by atoms with van der Waals surface area (Å²) < 4.78 is 26.1. The molecule has 4 nitrogen and oxygen atoms in total. The van der Waals surface area contributed by atoms with Crippen LogP contribution in [0.15, 0.2) is 48.5 Å². The summed E-state index contributed by atoms with van der Waals surface area (Å²) in [6, 6.07) is 13.0. The van der Waals surface area contributed by atoms with E-state index in [1.807, 2.05) is 30.3 Å². The van der Waals surface area contributed by atoms with E-state index < -0.39 is 17.6 Å². The minimum Gasteiger partial charge on any atom is -0.342 e. The van der Waals surface area contributed by atoms with Crippen molar-refractivity contribution in [1.82, 2.24) is 4.90 Å². The first-order valence-electron chi connectivity index (χ1n) is 8.10. The summed E-state index contributed by atoms with van der Waals surface area (Å²) in [5.41, 5.74) is 1.31. The van der Waals surface area contributed by atoms with Crippen molar-refractivity contribution in [3.63, 3.8) is 0 Å². The van der Waals surface area contributed by atoms with E-state index in [9.17, 15) is 18.4 Å². The number of amides is 2. The van der Waals surface area contributed by atoms with E-state index in [0.29, 0.717) is 13.1 Å². The van der Waals surface area contributed by atoms with Crippen LogP contribution in [0.2, 0.25) is 0 Å². The molecule has 1 atom stereocenters. The maximum absolute atomic E-state index is 13.2.